The van der Waals surface area contributed by atoms with Gasteiger partial charge in [0.05, 0.1) is 5.69 Å². The van der Waals surface area contributed by atoms with Gasteiger partial charge in [-0.3, -0.25) is 4.98 Å². The minimum atomic E-state index is -1.69. The van der Waals surface area contributed by atoms with E-state index in [0.717, 1.165) is 25.0 Å². The van der Waals surface area contributed by atoms with Crippen molar-refractivity contribution in [3.05, 3.63) is 77.6 Å². The van der Waals surface area contributed by atoms with Crippen LogP contribution >= 0.6 is 0 Å². The molecule has 0 fully saturated rings. The molecule has 1 atom stereocenters. The molecule has 1 unspecified atom stereocenters. The van der Waals surface area contributed by atoms with Crippen molar-refractivity contribution in [3.8, 4) is 0 Å². The van der Waals surface area contributed by atoms with Crippen LogP contribution in [0, 0.1) is 0 Å². The summed E-state index contributed by atoms with van der Waals surface area (Å²) in [6.45, 7) is 0. The van der Waals surface area contributed by atoms with Crippen molar-refractivity contribution >= 4 is 21.9 Å². The van der Waals surface area contributed by atoms with Crippen molar-refractivity contribution in [2.24, 2.45) is 0 Å². The molecule has 0 amide bonds. The zero-order valence-electron chi connectivity index (χ0n) is 12.8. The quantitative estimate of drug-likeness (QED) is 0.697. The third-order valence-electron chi connectivity index (χ3n) is 3.94. The smallest absolute Gasteiger partial charge is 0.152 e. The van der Waals surface area contributed by atoms with Gasteiger partial charge >= 0.3 is 0 Å². The highest BCUT2D eigenvalue weighted by atomic mass is 32.2. The molecular weight excluding hydrogens is 306 g/mol. The molecule has 3 nitrogen and oxygen atoms in total. The summed E-state index contributed by atoms with van der Waals surface area (Å²) in [5.74, 6) is 0.335. The van der Waals surface area contributed by atoms with Crippen molar-refractivity contribution in [1.82, 2.24) is 4.98 Å². The third-order valence-corrected chi connectivity index (χ3v) is 4.57. The molecule has 3 rings (SSSR count). The van der Waals surface area contributed by atoms with Gasteiger partial charge in [-0.15, -0.1) is 0 Å². The number of nitrogens with zero attached hydrogens (tertiary/aromatic N) is 1. The topological polar surface area (TPSA) is 50.2 Å². The lowest BCUT2D eigenvalue weighted by Gasteiger charge is -2.07. The maximum Gasteiger partial charge on any atom is 0.152 e. The minimum absolute atomic E-state index is 0.335. The number of fused-ring (bicyclic) bond motifs is 1. The fraction of sp³-hybridized carbons (Fsp3) is 0.211. The Morgan fingerprint density at radius 3 is 2.48 bits per heavy atom. The summed E-state index contributed by atoms with van der Waals surface area (Å²) in [6.07, 6.45) is 4.23. The molecule has 0 saturated heterocycles. The van der Waals surface area contributed by atoms with Crippen LogP contribution in [-0.2, 0) is 23.9 Å². The van der Waals surface area contributed by atoms with Crippen molar-refractivity contribution in [2.45, 2.75) is 19.3 Å². The van der Waals surface area contributed by atoms with Crippen LogP contribution in [0.15, 0.2) is 60.8 Å². The number of pyridine rings is 1. The first-order chi connectivity index (χ1) is 11.2. The molecule has 23 heavy (non-hydrogen) atoms. The van der Waals surface area contributed by atoms with E-state index in [2.05, 4.69) is 41.4 Å². The lowest BCUT2D eigenvalue weighted by molar-refractivity contribution is 0.561. The second kappa shape index (κ2) is 7.49. The molecule has 0 aliphatic heterocycles. The SMILES string of the molecule is O=S(O)CCCc1ccc(Cc2nccc3ccccc23)cc1. The predicted molar refractivity (Wildman–Crippen MR) is 95.0 cm³/mol. The van der Waals surface area contributed by atoms with Gasteiger partial charge in [-0.1, -0.05) is 48.5 Å². The molecule has 118 valence electrons. The van der Waals surface area contributed by atoms with Crippen LogP contribution in [-0.4, -0.2) is 19.5 Å². The standard InChI is InChI=1S/C19H19NO2S/c21-23(22)13-3-4-15-7-9-16(10-8-15)14-19-18-6-2-1-5-17(18)11-12-20-19/h1-2,5-12H,3-4,13-14H2,(H,21,22). The van der Waals surface area contributed by atoms with Gasteiger partial charge < -0.3 is 4.55 Å². The highest BCUT2D eigenvalue weighted by molar-refractivity contribution is 7.79. The van der Waals surface area contributed by atoms with Crippen LogP contribution < -0.4 is 0 Å². The molecule has 0 aliphatic rings. The number of aryl methyl sites for hydroxylation is 1. The maximum atomic E-state index is 10.7. The van der Waals surface area contributed by atoms with Gasteiger partial charge in [0.25, 0.3) is 0 Å². The van der Waals surface area contributed by atoms with Gasteiger partial charge in [0.1, 0.15) is 0 Å². The summed E-state index contributed by atoms with van der Waals surface area (Å²) in [6, 6.07) is 18.8. The van der Waals surface area contributed by atoms with E-state index in [9.17, 15) is 4.21 Å². The summed E-state index contributed by atoms with van der Waals surface area (Å²) in [4.78, 5) is 4.53. The first-order valence-electron chi connectivity index (χ1n) is 7.70. The van der Waals surface area contributed by atoms with E-state index in [1.54, 1.807) is 0 Å². The van der Waals surface area contributed by atoms with E-state index >= 15 is 0 Å². The summed E-state index contributed by atoms with van der Waals surface area (Å²) in [5.41, 5.74) is 3.51. The van der Waals surface area contributed by atoms with Gasteiger partial charge in [0, 0.05) is 23.8 Å². The van der Waals surface area contributed by atoms with Crippen molar-refractivity contribution in [2.75, 3.05) is 5.75 Å². The Bertz CT molecular complexity index is 810. The van der Waals surface area contributed by atoms with Crippen molar-refractivity contribution < 1.29 is 8.76 Å². The Balaban J connectivity index is 1.71. The molecule has 4 heteroatoms. The molecule has 0 saturated carbocycles. The molecule has 3 aromatic rings. The Kier molecular flexibility index (Phi) is 5.16. The van der Waals surface area contributed by atoms with Crippen LogP contribution in [0.1, 0.15) is 23.2 Å². The van der Waals surface area contributed by atoms with Crippen LogP contribution in [0.2, 0.25) is 0 Å². The van der Waals surface area contributed by atoms with Crippen LogP contribution in [0.3, 0.4) is 0 Å². The van der Waals surface area contributed by atoms with Crippen molar-refractivity contribution in [1.29, 1.82) is 0 Å². The molecule has 0 bridgehead atoms. The fourth-order valence-corrected chi connectivity index (χ4v) is 3.13. The summed E-state index contributed by atoms with van der Waals surface area (Å²) >= 11 is -1.69. The number of benzene rings is 2. The second-order valence-electron chi connectivity index (χ2n) is 5.60. The molecule has 1 heterocycles. The van der Waals surface area contributed by atoms with E-state index in [4.69, 9.17) is 4.55 Å². The molecule has 0 spiro atoms. The Hall–Kier alpha value is -2.04. The molecule has 1 N–H and O–H groups in total. The van der Waals surface area contributed by atoms with Gasteiger partial charge in [-0.2, -0.15) is 0 Å². The van der Waals surface area contributed by atoms with Crippen LogP contribution in [0.4, 0.5) is 0 Å². The fourth-order valence-electron chi connectivity index (χ4n) is 2.74. The Labute approximate surface area is 138 Å². The minimum Gasteiger partial charge on any atom is -0.306 e. The van der Waals surface area contributed by atoms with Crippen molar-refractivity contribution in [3.63, 3.8) is 0 Å². The summed E-state index contributed by atoms with van der Waals surface area (Å²) < 4.78 is 19.4. The summed E-state index contributed by atoms with van der Waals surface area (Å²) in [7, 11) is 0. The van der Waals surface area contributed by atoms with E-state index in [0.29, 0.717) is 5.75 Å². The number of hydrogen-bond acceptors (Lipinski definition) is 2. The van der Waals surface area contributed by atoms with Gasteiger partial charge in [-0.25, -0.2) is 4.21 Å². The van der Waals surface area contributed by atoms with Gasteiger partial charge in [0.2, 0.25) is 0 Å². The van der Waals surface area contributed by atoms with Crippen LogP contribution in [0.5, 0.6) is 0 Å². The first kappa shape index (κ1) is 15.8. The highest BCUT2D eigenvalue weighted by Gasteiger charge is 2.04. The molecular formula is C19H19NO2S. The monoisotopic (exact) mass is 325 g/mol. The predicted octanol–water partition coefficient (Wildman–Crippen LogP) is 3.98. The number of aromatic nitrogens is 1. The molecule has 0 radical (unpaired) electrons. The van der Waals surface area contributed by atoms with E-state index in [-0.39, 0.29) is 0 Å². The number of hydrogen-bond donors (Lipinski definition) is 1. The lowest BCUT2D eigenvalue weighted by atomic mass is 10.0. The average Bonchev–Trinajstić information content (AvgIpc) is 2.56. The maximum absolute atomic E-state index is 10.7. The van der Waals surface area contributed by atoms with Gasteiger partial charge in [-0.05, 0) is 35.4 Å². The van der Waals surface area contributed by atoms with Crippen LogP contribution in [0.25, 0.3) is 10.8 Å². The Morgan fingerprint density at radius 2 is 1.70 bits per heavy atom. The third kappa shape index (κ3) is 4.24. The largest absolute Gasteiger partial charge is 0.306 e. The molecule has 0 aliphatic carbocycles. The lowest BCUT2D eigenvalue weighted by Crippen LogP contribution is -1.98. The zero-order chi connectivity index (χ0) is 16.1. The van der Waals surface area contributed by atoms with E-state index < -0.39 is 11.1 Å². The normalized spacial score (nSPS) is 12.4. The molecule has 1 aromatic heterocycles. The summed E-state index contributed by atoms with van der Waals surface area (Å²) in [5, 5.41) is 2.41. The zero-order valence-corrected chi connectivity index (χ0v) is 13.6. The Morgan fingerprint density at radius 1 is 0.957 bits per heavy atom. The van der Waals surface area contributed by atoms with E-state index in [1.165, 1.54) is 21.9 Å². The number of rotatable bonds is 6. The average molecular weight is 325 g/mol. The second-order valence-corrected chi connectivity index (χ2v) is 6.65. The van der Waals surface area contributed by atoms with E-state index in [1.807, 2.05) is 24.4 Å². The molecule has 2 aromatic carbocycles. The van der Waals surface area contributed by atoms with Gasteiger partial charge in [0.15, 0.2) is 11.1 Å². The highest BCUT2D eigenvalue weighted by Crippen LogP contribution is 2.19. The first-order valence-corrected chi connectivity index (χ1v) is 8.98.